The van der Waals surface area contributed by atoms with E-state index in [-0.39, 0.29) is 47.1 Å². The lowest BCUT2D eigenvalue weighted by Crippen LogP contribution is -2.42. The number of imide groups is 1. The monoisotopic (exact) mass is 829 g/mol. The summed E-state index contributed by atoms with van der Waals surface area (Å²) in [4.78, 5) is 47.8. The number of nitrogens with one attached hydrogen (secondary N) is 1. The number of hydrogen-bond donors (Lipinski definition) is 3. The Hall–Kier alpha value is -4.38. The Balaban J connectivity index is 0.866. The molecule has 58 heavy (non-hydrogen) atoms. The third kappa shape index (κ3) is 8.52. The third-order valence-electron chi connectivity index (χ3n) is 13.1. The number of pyridine rings is 1. The van der Waals surface area contributed by atoms with Gasteiger partial charge in [-0.15, -0.1) is 11.3 Å². The van der Waals surface area contributed by atoms with Gasteiger partial charge in [-0.3, -0.25) is 14.9 Å². The van der Waals surface area contributed by atoms with Crippen LogP contribution in [0.15, 0.2) is 48.8 Å². The van der Waals surface area contributed by atoms with Crippen LogP contribution in [0.4, 0.5) is 16.2 Å². The number of benzene rings is 1. The van der Waals surface area contributed by atoms with Crippen molar-refractivity contribution in [1.29, 1.82) is 0 Å². The van der Waals surface area contributed by atoms with Gasteiger partial charge in [0.25, 0.3) is 0 Å². The minimum absolute atomic E-state index is 0.0364. The Morgan fingerprint density at radius 1 is 1.00 bits per heavy atom. The van der Waals surface area contributed by atoms with Crippen molar-refractivity contribution in [2.24, 2.45) is 16.5 Å². The van der Waals surface area contributed by atoms with Crippen molar-refractivity contribution >= 4 is 44.9 Å². The Morgan fingerprint density at radius 3 is 2.48 bits per heavy atom. The summed E-state index contributed by atoms with van der Waals surface area (Å²) < 4.78 is 41.1. The molecule has 3 aliphatic heterocycles. The Labute approximate surface area is 343 Å². The molecule has 1 unspecified atom stereocenters. The van der Waals surface area contributed by atoms with Gasteiger partial charge in [0, 0.05) is 48.9 Å². The number of nitrogens with zero attached hydrogens (tertiary/aromatic N) is 6. The maximum Gasteiger partial charge on any atom is 0.234 e. The molecular weight excluding hydrogens is 778 g/mol. The number of nitrogen functional groups attached to an aromatic ring is 1. The number of likely N-dealkylation sites (tertiary alicyclic amines) is 1. The van der Waals surface area contributed by atoms with Crippen molar-refractivity contribution in [3.05, 3.63) is 70.7 Å². The van der Waals surface area contributed by atoms with Gasteiger partial charge in [0.2, 0.25) is 27.8 Å². The molecule has 6 heterocycles. The first kappa shape index (κ1) is 40.4. The fraction of sp³-hybridized carbons (Fsp3) is 0.524. The minimum atomic E-state index is -4.03. The molecule has 8 rings (SSSR count). The number of piperidine rings is 2. The Morgan fingerprint density at radius 2 is 1.79 bits per heavy atom. The molecule has 1 aliphatic carbocycles. The van der Waals surface area contributed by atoms with E-state index in [9.17, 15) is 18.0 Å². The molecule has 5 N–H and O–H groups in total. The predicted octanol–water partition coefficient (Wildman–Crippen LogP) is 6.30. The smallest absolute Gasteiger partial charge is 0.234 e. The Kier molecular flexibility index (Phi) is 11.6. The number of nitrogens with two attached hydrogens (primary N) is 2. The summed E-state index contributed by atoms with van der Waals surface area (Å²) in [5, 5.41) is 7.72. The van der Waals surface area contributed by atoms with Gasteiger partial charge >= 0.3 is 0 Å². The molecule has 13 nitrogen and oxygen atoms in total. The third-order valence-corrected chi connectivity index (χ3v) is 15.8. The van der Waals surface area contributed by atoms with Crippen LogP contribution in [0, 0.1) is 17.2 Å². The summed E-state index contributed by atoms with van der Waals surface area (Å²) in [6.07, 6.45) is 13.4. The first-order chi connectivity index (χ1) is 27.9. The lowest BCUT2D eigenvalue weighted by molar-refractivity contribution is -0.134. The van der Waals surface area contributed by atoms with Gasteiger partial charge < -0.3 is 15.5 Å². The molecule has 2 amide bonds. The first-order valence-corrected chi connectivity index (χ1v) is 23.0. The quantitative estimate of drug-likeness (QED) is 0.144. The normalized spacial score (nSPS) is 22.4. The summed E-state index contributed by atoms with van der Waals surface area (Å²) in [7, 11) is -4.03. The number of thiazole rings is 1. The maximum atomic E-state index is 16.3. The van der Waals surface area contributed by atoms with Crippen molar-refractivity contribution in [1.82, 2.24) is 30.2 Å². The number of amides is 2. The standard InChI is InChI=1S/C42H52FN9O4S2/c1-2-33(58(45,55)56)30-4-3-5-31(36(30)43)37-38(32-12-19-46-41(44)48-32)57-40(50-37)27-10-15-42(16-11-27)17-22-51(23-18-42)20-13-26-14-21-52(25-26)34-8-6-28(24-47-34)29-7-9-35(53)49-39(29)54/h3-6,8,12,19,24,26-27,29,33H,2,7,9-11,13-18,20-23,25H2,1H3,(H2,44,46,48)(H2,45,55,56)(H,49,53,54)/t26-,29-,33?/m0/s1. The number of aromatic nitrogens is 4. The summed E-state index contributed by atoms with van der Waals surface area (Å²) in [5.41, 5.74) is 8.40. The van der Waals surface area contributed by atoms with Crippen molar-refractivity contribution < 1.29 is 22.4 Å². The molecule has 3 saturated heterocycles. The molecule has 4 fully saturated rings. The predicted molar refractivity (Wildman–Crippen MR) is 223 cm³/mol. The number of anilines is 2. The van der Waals surface area contributed by atoms with Crippen molar-refractivity contribution in [3.8, 4) is 21.8 Å². The van der Waals surface area contributed by atoms with Crippen LogP contribution >= 0.6 is 11.3 Å². The molecule has 0 bridgehead atoms. The summed E-state index contributed by atoms with van der Waals surface area (Å²) in [6, 6.07) is 10.5. The fourth-order valence-electron chi connectivity index (χ4n) is 9.65. The molecule has 0 radical (unpaired) electrons. The molecule has 3 atom stereocenters. The van der Waals surface area contributed by atoms with Crippen LogP contribution in [-0.4, -0.2) is 77.8 Å². The number of carbonyl (C=O) groups excluding carboxylic acids is 2. The van der Waals surface area contributed by atoms with Crippen LogP contribution in [0.5, 0.6) is 0 Å². The highest BCUT2D eigenvalue weighted by Gasteiger charge is 2.40. The van der Waals surface area contributed by atoms with Gasteiger partial charge in [-0.25, -0.2) is 37.9 Å². The fourth-order valence-corrected chi connectivity index (χ4v) is 11.9. The van der Waals surface area contributed by atoms with E-state index in [1.807, 2.05) is 12.1 Å². The maximum absolute atomic E-state index is 16.3. The number of carbonyl (C=O) groups is 2. The molecule has 1 spiro atoms. The lowest BCUT2D eigenvalue weighted by atomic mass is 9.65. The summed E-state index contributed by atoms with van der Waals surface area (Å²) in [5.74, 6) is 0.511. The summed E-state index contributed by atoms with van der Waals surface area (Å²) >= 11 is 1.51. The van der Waals surface area contributed by atoms with Gasteiger partial charge in [0.05, 0.1) is 27.2 Å². The zero-order chi connectivity index (χ0) is 40.6. The second-order valence-electron chi connectivity index (χ2n) is 16.7. The van der Waals surface area contributed by atoms with E-state index >= 15 is 4.39 Å². The molecule has 4 aromatic rings. The second kappa shape index (κ2) is 16.7. The highest BCUT2D eigenvalue weighted by Crippen LogP contribution is 2.51. The SMILES string of the molecule is CCC(c1cccc(-c2nc(C3CCC4(CC3)CCN(CC[C@H]3CCN(c5ccc([C@@H]6CCC(=O)NC6=O)cn5)C3)CC4)sc2-c2ccnc(N)n2)c1F)S(N)(=O)=O. The zero-order valence-corrected chi connectivity index (χ0v) is 34.5. The van der Waals surface area contributed by atoms with Crippen LogP contribution in [0.2, 0.25) is 0 Å². The lowest BCUT2D eigenvalue weighted by Gasteiger charge is -2.46. The average Bonchev–Trinajstić information content (AvgIpc) is 3.87. The highest BCUT2D eigenvalue weighted by atomic mass is 32.2. The molecule has 16 heteroatoms. The van der Waals surface area contributed by atoms with Crippen LogP contribution < -0.4 is 21.1 Å². The largest absolute Gasteiger partial charge is 0.368 e. The van der Waals surface area contributed by atoms with Gasteiger partial charge in [-0.05, 0) is 119 Å². The van der Waals surface area contributed by atoms with Gasteiger partial charge in [0.15, 0.2) is 0 Å². The topological polar surface area (TPSA) is 190 Å². The second-order valence-corrected chi connectivity index (χ2v) is 19.5. The van der Waals surface area contributed by atoms with Crippen LogP contribution in [0.1, 0.15) is 111 Å². The minimum Gasteiger partial charge on any atom is -0.368 e. The van der Waals surface area contributed by atoms with Crippen molar-refractivity contribution in [3.63, 3.8) is 0 Å². The van der Waals surface area contributed by atoms with E-state index in [1.54, 1.807) is 37.5 Å². The number of sulfonamides is 1. The van der Waals surface area contributed by atoms with E-state index in [0.717, 1.165) is 87.6 Å². The van der Waals surface area contributed by atoms with E-state index < -0.39 is 21.1 Å². The molecule has 3 aromatic heterocycles. The molecular formula is C42H52FN9O4S2. The average molecular weight is 830 g/mol. The van der Waals surface area contributed by atoms with Crippen molar-refractivity contribution in [2.45, 2.75) is 94.6 Å². The molecule has 1 saturated carbocycles. The van der Waals surface area contributed by atoms with E-state index in [0.29, 0.717) is 40.4 Å². The number of rotatable bonds is 11. The number of halogens is 1. The molecule has 4 aliphatic rings. The summed E-state index contributed by atoms with van der Waals surface area (Å²) in [6.45, 7) is 6.97. The van der Waals surface area contributed by atoms with Crippen LogP contribution in [-0.2, 0) is 19.6 Å². The number of hydrogen-bond acceptors (Lipinski definition) is 12. The van der Waals surface area contributed by atoms with E-state index in [1.165, 1.54) is 30.2 Å². The van der Waals surface area contributed by atoms with Crippen LogP contribution in [0.25, 0.3) is 21.8 Å². The van der Waals surface area contributed by atoms with E-state index in [4.69, 9.17) is 20.8 Å². The molecule has 308 valence electrons. The van der Waals surface area contributed by atoms with Gasteiger partial charge in [-0.2, -0.15) is 0 Å². The molecule has 1 aromatic carbocycles. The first-order valence-electron chi connectivity index (χ1n) is 20.6. The number of primary sulfonamides is 1. The van der Waals surface area contributed by atoms with Crippen LogP contribution in [0.3, 0.4) is 0 Å². The Bertz CT molecular complexity index is 2250. The highest BCUT2D eigenvalue weighted by molar-refractivity contribution is 7.89. The van der Waals surface area contributed by atoms with Gasteiger partial charge in [-0.1, -0.05) is 25.1 Å². The van der Waals surface area contributed by atoms with Gasteiger partial charge in [0.1, 0.15) is 16.9 Å². The van der Waals surface area contributed by atoms with E-state index in [2.05, 4.69) is 25.1 Å². The zero-order valence-electron chi connectivity index (χ0n) is 32.9. The van der Waals surface area contributed by atoms with Crippen molar-refractivity contribution in [2.75, 3.05) is 43.4 Å².